The highest BCUT2D eigenvalue weighted by Gasteiger charge is 2.20. The Kier molecular flexibility index (Phi) is 7.02. The second-order valence-corrected chi connectivity index (χ2v) is 6.40. The van der Waals surface area contributed by atoms with Gasteiger partial charge < -0.3 is 10.6 Å². The highest BCUT2D eigenvalue weighted by Crippen LogP contribution is 2.20. The average molecular weight is 359 g/mol. The Morgan fingerprint density at radius 2 is 1.64 bits per heavy atom. The van der Waals surface area contributed by atoms with Crippen LogP contribution in [0.5, 0.6) is 0 Å². The topological polar surface area (TPSA) is 58.2 Å². The Hall–Kier alpha value is -2.33. The van der Waals surface area contributed by atoms with Crippen LogP contribution < -0.4 is 10.6 Å². The maximum absolute atomic E-state index is 12.6. The van der Waals surface area contributed by atoms with Gasteiger partial charge in [0.25, 0.3) is 5.91 Å². The van der Waals surface area contributed by atoms with Crippen LogP contribution in [0.1, 0.15) is 48.7 Å². The first-order valence-electron chi connectivity index (χ1n) is 8.41. The molecule has 132 valence electrons. The predicted octanol–water partition coefficient (Wildman–Crippen LogP) is 4.12. The molecule has 0 unspecified atom stereocenters. The molecule has 0 saturated carbocycles. The van der Waals surface area contributed by atoms with Gasteiger partial charge in [0.15, 0.2) is 0 Å². The molecule has 0 spiro atoms. The second-order valence-electron chi connectivity index (χ2n) is 6.00. The zero-order valence-corrected chi connectivity index (χ0v) is 15.2. The predicted molar refractivity (Wildman–Crippen MR) is 101 cm³/mol. The lowest BCUT2D eigenvalue weighted by Gasteiger charge is -2.20. The Morgan fingerprint density at radius 1 is 1.00 bits per heavy atom. The van der Waals surface area contributed by atoms with Crippen molar-refractivity contribution in [2.24, 2.45) is 0 Å². The summed E-state index contributed by atoms with van der Waals surface area (Å²) in [7, 11) is 0. The van der Waals surface area contributed by atoms with Crippen molar-refractivity contribution in [3.05, 3.63) is 70.7 Å². The number of carbonyl (C=O) groups is 2. The van der Waals surface area contributed by atoms with E-state index in [0.717, 1.165) is 12.0 Å². The minimum absolute atomic E-state index is 0.0948. The van der Waals surface area contributed by atoms with E-state index < -0.39 is 6.04 Å². The van der Waals surface area contributed by atoms with Crippen LogP contribution in [0.2, 0.25) is 5.02 Å². The van der Waals surface area contributed by atoms with Gasteiger partial charge in [0.05, 0.1) is 23.0 Å². The molecule has 2 amide bonds. The number of benzene rings is 2. The number of halogens is 1. The molecule has 0 aliphatic heterocycles. The lowest BCUT2D eigenvalue weighted by molar-refractivity contribution is -0.122. The van der Waals surface area contributed by atoms with Crippen molar-refractivity contribution in [1.82, 2.24) is 10.6 Å². The molecule has 0 saturated heterocycles. The molecule has 2 atom stereocenters. The Morgan fingerprint density at radius 3 is 2.28 bits per heavy atom. The smallest absolute Gasteiger partial charge is 0.253 e. The van der Waals surface area contributed by atoms with Crippen molar-refractivity contribution in [2.75, 3.05) is 0 Å². The summed E-state index contributed by atoms with van der Waals surface area (Å²) >= 11 is 6.10. The zero-order chi connectivity index (χ0) is 18.2. The number of carbonyl (C=O) groups excluding carboxylic acids is 2. The summed E-state index contributed by atoms with van der Waals surface area (Å²) in [5.41, 5.74) is 1.27. The van der Waals surface area contributed by atoms with Gasteiger partial charge in [-0.15, -0.1) is 0 Å². The SMILES string of the molecule is CC[C@H](C)NC(=O)C[C@@H](NC(=O)c1ccccc1Cl)c1ccccc1. The first kappa shape index (κ1) is 19.0. The molecule has 0 aliphatic rings. The van der Waals surface area contributed by atoms with Crippen molar-refractivity contribution in [3.63, 3.8) is 0 Å². The Labute approximate surface area is 153 Å². The molecule has 2 N–H and O–H groups in total. The first-order chi connectivity index (χ1) is 12.0. The summed E-state index contributed by atoms with van der Waals surface area (Å²) in [6, 6.07) is 16.0. The van der Waals surface area contributed by atoms with E-state index in [4.69, 9.17) is 11.6 Å². The highest BCUT2D eigenvalue weighted by molar-refractivity contribution is 6.33. The average Bonchev–Trinajstić information content (AvgIpc) is 2.62. The third-order valence-electron chi connectivity index (χ3n) is 4.04. The summed E-state index contributed by atoms with van der Waals surface area (Å²) in [5.74, 6) is -0.390. The molecule has 0 radical (unpaired) electrons. The number of rotatable bonds is 7. The van der Waals surface area contributed by atoms with Gasteiger partial charge in [0, 0.05) is 6.04 Å². The summed E-state index contributed by atoms with van der Waals surface area (Å²) in [6.45, 7) is 3.97. The molecule has 0 bridgehead atoms. The second kappa shape index (κ2) is 9.23. The van der Waals surface area contributed by atoms with Crippen LogP contribution in [-0.2, 0) is 4.79 Å². The summed E-state index contributed by atoms with van der Waals surface area (Å²) in [4.78, 5) is 24.9. The lowest BCUT2D eigenvalue weighted by atomic mass is 10.0. The zero-order valence-electron chi connectivity index (χ0n) is 14.5. The molecule has 0 aliphatic carbocycles. The Balaban J connectivity index is 2.16. The van der Waals surface area contributed by atoms with Crippen LogP contribution in [0.4, 0.5) is 0 Å². The highest BCUT2D eigenvalue weighted by atomic mass is 35.5. The van der Waals surface area contributed by atoms with E-state index in [0.29, 0.717) is 10.6 Å². The van der Waals surface area contributed by atoms with E-state index in [9.17, 15) is 9.59 Å². The molecule has 2 aromatic carbocycles. The quantitative estimate of drug-likeness (QED) is 0.782. The van der Waals surface area contributed by atoms with Gasteiger partial charge in [-0.1, -0.05) is 61.0 Å². The van der Waals surface area contributed by atoms with Crippen molar-refractivity contribution < 1.29 is 9.59 Å². The van der Waals surface area contributed by atoms with E-state index >= 15 is 0 Å². The molecule has 4 nitrogen and oxygen atoms in total. The molecule has 2 aromatic rings. The first-order valence-corrected chi connectivity index (χ1v) is 8.78. The third kappa shape index (κ3) is 5.61. The molecular weight excluding hydrogens is 336 g/mol. The fourth-order valence-electron chi connectivity index (χ4n) is 2.44. The fraction of sp³-hybridized carbons (Fsp3) is 0.300. The van der Waals surface area contributed by atoms with Gasteiger partial charge in [0.2, 0.25) is 5.91 Å². The van der Waals surface area contributed by atoms with Crippen LogP contribution in [0, 0.1) is 0 Å². The van der Waals surface area contributed by atoms with Gasteiger partial charge in [-0.25, -0.2) is 0 Å². The maximum atomic E-state index is 12.6. The number of hydrogen-bond donors (Lipinski definition) is 2. The van der Waals surface area contributed by atoms with E-state index in [1.54, 1.807) is 24.3 Å². The minimum atomic E-state index is -0.422. The van der Waals surface area contributed by atoms with E-state index in [1.807, 2.05) is 44.2 Å². The molecular formula is C20H23ClN2O2. The third-order valence-corrected chi connectivity index (χ3v) is 4.36. The summed E-state index contributed by atoms with van der Waals surface area (Å²) in [5, 5.41) is 6.25. The molecule has 5 heteroatoms. The minimum Gasteiger partial charge on any atom is -0.354 e. The maximum Gasteiger partial charge on any atom is 0.253 e. The van der Waals surface area contributed by atoms with Crippen molar-refractivity contribution in [1.29, 1.82) is 0 Å². The Bertz CT molecular complexity index is 719. The van der Waals surface area contributed by atoms with Gasteiger partial charge in [-0.2, -0.15) is 0 Å². The van der Waals surface area contributed by atoms with E-state index in [-0.39, 0.29) is 24.3 Å². The van der Waals surface area contributed by atoms with Gasteiger partial charge in [-0.3, -0.25) is 9.59 Å². The number of nitrogens with one attached hydrogen (secondary N) is 2. The van der Waals surface area contributed by atoms with Crippen molar-refractivity contribution in [3.8, 4) is 0 Å². The largest absolute Gasteiger partial charge is 0.354 e. The van der Waals surface area contributed by atoms with Gasteiger partial charge in [-0.05, 0) is 31.0 Å². The molecule has 25 heavy (non-hydrogen) atoms. The van der Waals surface area contributed by atoms with E-state index in [2.05, 4.69) is 10.6 Å². The molecule has 0 fully saturated rings. The number of hydrogen-bond acceptors (Lipinski definition) is 2. The van der Waals surface area contributed by atoms with Crippen LogP contribution >= 0.6 is 11.6 Å². The monoisotopic (exact) mass is 358 g/mol. The van der Waals surface area contributed by atoms with Gasteiger partial charge >= 0.3 is 0 Å². The van der Waals surface area contributed by atoms with Crippen LogP contribution in [0.3, 0.4) is 0 Å². The molecule has 0 heterocycles. The standard InChI is InChI=1S/C20H23ClN2O2/c1-3-14(2)22-19(24)13-18(15-9-5-4-6-10-15)23-20(25)16-11-7-8-12-17(16)21/h4-12,14,18H,3,13H2,1-2H3,(H,22,24)(H,23,25)/t14-,18+/m0/s1. The van der Waals surface area contributed by atoms with Crippen molar-refractivity contribution >= 4 is 23.4 Å². The molecule has 2 rings (SSSR count). The fourth-order valence-corrected chi connectivity index (χ4v) is 2.66. The van der Waals surface area contributed by atoms with Crippen LogP contribution in [0.25, 0.3) is 0 Å². The van der Waals surface area contributed by atoms with Crippen LogP contribution in [-0.4, -0.2) is 17.9 Å². The van der Waals surface area contributed by atoms with Gasteiger partial charge in [0.1, 0.15) is 0 Å². The summed E-state index contributed by atoms with van der Waals surface area (Å²) < 4.78 is 0. The summed E-state index contributed by atoms with van der Waals surface area (Å²) in [6.07, 6.45) is 1.03. The van der Waals surface area contributed by atoms with Crippen molar-refractivity contribution in [2.45, 2.75) is 38.8 Å². The lowest BCUT2D eigenvalue weighted by Crippen LogP contribution is -2.37. The molecule has 0 aromatic heterocycles. The van der Waals surface area contributed by atoms with Crippen LogP contribution in [0.15, 0.2) is 54.6 Å². The number of amides is 2. The normalized spacial score (nSPS) is 12.9. The van der Waals surface area contributed by atoms with E-state index in [1.165, 1.54) is 0 Å².